The highest BCUT2D eigenvalue weighted by atomic mass is 15.0. The van der Waals surface area contributed by atoms with Crippen LogP contribution in [0.5, 0.6) is 0 Å². The summed E-state index contributed by atoms with van der Waals surface area (Å²) in [5.74, 6) is 1.88. The maximum Gasteiger partial charge on any atom is 0.164 e. The molecule has 0 fully saturated rings. The quantitative estimate of drug-likeness (QED) is 0.143. The van der Waals surface area contributed by atoms with E-state index >= 15 is 0 Å². The Labute approximate surface area is 412 Å². The molecule has 1 aromatic heterocycles. The summed E-state index contributed by atoms with van der Waals surface area (Å²) in [6.45, 7) is 0. The molecule has 1 aliphatic rings. The maximum atomic E-state index is 5.21. The minimum absolute atomic E-state index is 0.607. The normalized spacial score (nSPS) is 12.6. The first-order valence-corrected chi connectivity index (χ1v) is 24.3. The first-order chi connectivity index (χ1) is 35.2. The third-order valence-corrected chi connectivity index (χ3v) is 14.8. The minimum Gasteiger partial charge on any atom is -0.208 e. The summed E-state index contributed by atoms with van der Waals surface area (Å²) in [5.41, 5.74) is 16.6. The molecule has 1 heterocycles. The molecule has 0 saturated carbocycles. The van der Waals surface area contributed by atoms with Gasteiger partial charge in [0.2, 0.25) is 0 Å². The Hall–Kier alpha value is -9.31. The fourth-order valence-corrected chi connectivity index (χ4v) is 11.6. The third-order valence-electron chi connectivity index (χ3n) is 14.8. The van der Waals surface area contributed by atoms with Crippen molar-refractivity contribution in [3.63, 3.8) is 0 Å². The zero-order valence-corrected chi connectivity index (χ0v) is 38.7. The Kier molecular flexibility index (Phi) is 9.43. The van der Waals surface area contributed by atoms with E-state index in [-0.39, 0.29) is 0 Å². The number of fused-ring (bicyclic) bond motifs is 3. The Bertz CT molecular complexity index is 4070. The molecule has 3 nitrogen and oxygen atoms in total. The topological polar surface area (TPSA) is 38.7 Å². The molecule has 0 spiro atoms. The fourth-order valence-electron chi connectivity index (χ4n) is 11.6. The lowest BCUT2D eigenvalue weighted by molar-refractivity contribution is 0.769. The van der Waals surface area contributed by atoms with Crippen LogP contribution in [0.1, 0.15) is 22.3 Å². The molecule has 71 heavy (non-hydrogen) atoms. The monoisotopic (exact) mass is 901 g/mol. The van der Waals surface area contributed by atoms with Crippen LogP contribution in [0.25, 0.3) is 111 Å². The number of aromatic nitrogens is 3. The number of benzene rings is 12. The summed E-state index contributed by atoms with van der Waals surface area (Å²) in [4.78, 5) is 15.5. The van der Waals surface area contributed by atoms with E-state index in [1.807, 2.05) is 24.3 Å². The van der Waals surface area contributed by atoms with Gasteiger partial charge in [0.15, 0.2) is 17.5 Å². The molecule has 12 aromatic carbocycles. The highest BCUT2D eigenvalue weighted by Gasteiger charge is 2.47. The van der Waals surface area contributed by atoms with Gasteiger partial charge in [-0.05, 0) is 111 Å². The standard InChI is InChI=1S/C68H43N3/c1-5-16-44(17-6-1)45-30-34-50(35-31-45)66-69-65(49-18-7-2-8-19-49)70-67(71-66)53-23-14-22-51(42-53)57-28-15-29-60-64(57)59-41-38-52(43-61(59)68(60,54-24-9-3-10-25-54)55-26-11-4-12-27-55)56-39-36-48-33-32-46-20-13-21-47-37-40-58(56)63(48)62(46)47/h1-43H. The van der Waals surface area contributed by atoms with Gasteiger partial charge in [-0.25, -0.2) is 15.0 Å². The first kappa shape index (κ1) is 40.7. The van der Waals surface area contributed by atoms with Gasteiger partial charge in [0, 0.05) is 16.7 Å². The van der Waals surface area contributed by atoms with Crippen LogP contribution in [-0.2, 0) is 5.41 Å². The lowest BCUT2D eigenvalue weighted by atomic mass is 9.67. The molecule has 0 unspecified atom stereocenters. The summed E-state index contributed by atoms with van der Waals surface area (Å²) in [6, 6.07) is 94.6. The van der Waals surface area contributed by atoms with Gasteiger partial charge < -0.3 is 0 Å². The van der Waals surface area contributed by atoms with E-state index in [4.69, 9.17) is 15.0 Å². The lowest BCUT2D eigenvalue weighted by Gasteiger charge is -2.34. The zero-order valence-electron chi connectivity index (χ0n) is 38.7. The van der Waals surface area contributed by atoms with Crippen molar-refractivity contribution >= 4 is 32.3 Å². The van der Waals surface area contributed by atoms with E-state index in [0.29, 0.717) is 17.5 Å². The summed E-state index contributed by atoms with van der Waals surface area (Å²) in [7, 11) is 0. The number of nitrogens with zero attached hydrogens (tertiary/aromatic N) is 3. The number of hydrogen-bond donors (Lipinski definition) is 0. The molecule has 0 aliphatic heterocycles. The van der Waals surface area contributed by atoms with Crippen molar-refractivity contribution in [1.82, 2.24) is 15.0 Å². The molecular formula is C68H43N3. The average Bonchev–Trinajstić information content (AvgIpc) is 3.76. The van der Waals surface area contributed by atoms with E-state index in [1.165, 1.54) is 82.4 Å². The van der Waals surface area contributed by atoms with Crippen molar-refractivity contribution in [3.05, 3.63) is 283 Å². The van der Waals surface area contributed by atoms with E-state index in [1.54, 1.807) is 0 Å². The van der Waals surface area contributed by atoms with Crippen molar-refractivity contribution in [2.24, 2.45) is 0 Å². The average molecular weight is 902 g/mol. The van der Waals surface area contributed by atoms with Crippen molar-refractivity contribution in [1.29, 1.82) is 0 Å². The van der Waals surface area contributed by atoms with Crippen molar-refractivity contribution < 1.29 is 0 Å². The van der Waals surface area contributed by atoms with Crippen LogP contribution in [0.4, 0.5) is 0 Å². The zero-order chi connectivity index (χ0) is 46.9. The van der Waals surface area contributed by atoms with Gasteiger partial charge in [-0.15, -0.1) is 0 Å². The van der Waals surface area contributed by atoms with Gasteiger partial charge in [-0.3, -0.25) is 0 Å². The van der Waals surface area contributed by atoms with Crippen molar-refractivity contribution in [3.8, 4) is 78.7 Å². The van der Waals surface area contributed by atoms with Crippen molar-refractivity contribution in [2.45, 2.75) is 5.41 Å². The highest BCUT2D eigenvalue weighted by Crippen LogP contribution is 2.59. The molecular weight excluding hydrogens is 859 g/mol. The molecule has 1 aliphatic carbocycles. The number of hydrogen-bond acceptors (Lipinski definition) is 3. The van der Waals surface area contributed by atoms with Crippen LogP contribution in [0.2, 0.25) is 0 Å². The molecule has 0 atom stereocenters. The highest BCUT2D eigenvalue weighted by molar-refractivity contribution is 6.25. The second kappa shape index (κ2) is 16.4. The molecule has 0 N–H and O–H groups in total. The van der Waals surface area contributed by atoms with Crippen LogP contribution in [0, 0.1) is 0 Å². The second-order valence-corrected chi connectivity index (χ2v) is 18.6. The van der Waals surface area contributed by atoms with Gasteiger partial charge in [-0.2, -0.15) is 0 Å². The molecule has 3 heteroatoms. The van der Waals surface area contributed by atoms with Crippen LogP contribution in [0.15, 0.2) is 261 Å². The summed E-state index contributed by atoms with van der Waals surface area (Å²) in [6.07, 6.45) is 0. The van der Waals surface area contributed by atoms with Gasteiger partial charge >= 0.3 is 0 Å². The molecule has 0 radical (unpaired) electrons. The third kappa shape index (κ3) is 6.55. The van der Waals surface area contributed by atoms with Gasteiger partial charge in [0.25, 0.3) is 0 Å². The molecule has 0 saturated heterocycles. The maximum absolute atomic E-state index is 5.21. The Morgan fingerprint density at radius 3 is 1.38 bits per heavy atom. The van der Waals surface area contributed by atoms with Crippen molar-refractivity contribution in [2.75, 3.05) is 0 Å². The predicted octanol–water partition coefficient (Wildman–Crippen LogP) is 17.1. The molecule has 330 valence electrons. The van der Waals surface area contributed by atoms with Gasteiger partial charge in [0.1, 0.15) is 0 Å². The van der Waals surface area contributed by atoms with E-state index in [9.17, 15) is 0 Å². The first-order valence-electron chi connectivity index (χ1n) is 24.3. The SMILES string of the molecule is c1ccc(-c2ccc(-c3nc(-c4ccccc4)nc(-c4cccc(-c5cccc6c5-c5ccc(-c7ccc8ccc9cccc%10ccc7c8c9%10)cc5C6(c5ccccc5)c5ccccc5)c4)n3)cc2)cc1. The summed E-state index contributed by atoms with van der Waals surface area (Å²) >= 11 is 0. The van der Waals surface area contributed by atoms with Crippen LogP contribution < -0.4 is 0 Å². The Balaban J connectivity index is 0.960. The van der Waals surface area contributed by atoms with Crippen LogP contribution in [0.3, 0.4) is 0 Å². The summed E-state index contributed by atoms with van der Waals surface area (Å²) in [5, 5.41) is 7.72. The van der Waals surface area contributed by atoms with E-state index in [0.717, 1.165) is 33.4 Å². The van der Waals surface area contributed by atoms with Crippen LogP contribution >= 0.6 is 0 Å². The number of rotatable bonds is 8. The Morgan fingerprint density at radius 1 is 0.254 bits per heavy atom. The summed E-state index contributed by atoms with van der Waals surface area (Å²) < 4.78 is 0. The predicted molar refractivity (Wildman–Crippen MR) is 293 cm³/mol. The van der Waals surface area contributed by atoms with E-state index < -0.39 is 5.41 Å². The second-order valence-electron chi connectivity index (χ2n) is 18.6. The van der Waals surface area contributed by atoms with E-state index in [2.05, 4.69) is 237 Å². The smallest absolute Gasteiger partial charge is 0.164 e. The van der Waals surface area contributed by atoms with Gasteiger partial charge in [0.05, 0.1) is 5.41 Å². The lowest BCUT2D eigenvalue weighted by Crippen LogP contribution is -2.28. The molecule has 14 rings (SSSR count). The fraction of sp³-hybridized carbons (Fsp3) is 0.0147. The minimum atomic E-state index is -0.607. The Morgan fingerprint density at radius 2 is 0.704 bits per heavy atom. The van der Waals surface area contributed by atoms with Gasteiger partial charge in [-0.1, -0.05) is 249 Å². The molecule has 0 bridgehead atoms. The van der Waals surface area contributed by atoms with Crippen LogP contribution in [-0.4, -0.2) is 15.0 Å². The molecule has 13 aromatic rings. The largest absolute Gasteiger partial charge is 0.208 e. The molecule has 0 amide bonds.